The largest absolute Gasteiger partial charge is 0.389 e. The summed E-state index contributed by atoms with van der Waals surface area (Å²) in [6.07, 6.45) is -0.496. The van der Waals surface area contributed by atoms with Crippen LogP contribution < -0.4 is 10.6 Å². The van der Waals surface area contributed by atoms with Crippen molar-refractivity contribution in [1.82, 2.24) is 10.2 Å². The Morgan fingerprint density at radius 3 is 2.32 bits per heavy atom. The van der Waals surface area contributed by atoms with Crippen molar-refractivity contribution >= 4 is 11.7 Å². The second-order valence-electron chi connectivity index (χ2n) is 4.95. The maximum atomic E-state index is 11.7. The van der Waals surface area contributed by atoms with Gasteiger partial charge in [0.1, 0.15) is 0 Å². The van der Waals surface area contributed by atoms with Gasteiger partial charge < -0.3 is 20.6 Å². The van der Waals surface area contributed by atoms with Gasteiger partial charge in [-0.05, 0) is 45.6 Å². The minimum Gasteiger partial charge on any atom is -0.389 e. The fourth-order valence-electron chi connectivity index (χ4n) is 1.44. The van der Waals surface area contributed by atoms with Crippen LogP contribution in [0.2, 0.25) is 0 Å². The zero-order valence-electron chi connectivity index (χ0n) is 12.0. The van der Waals surface area contributed by atoms with E-state index in [0.717, 1.165) is 5.56 Å². The average Bonchev–Trinajstić information content (AvgIpc) is 2.36. The van der Waals surface area contributed by atoms with Crippen molar-refractivity contribution in [3.8, 4) is 0 Å². The molecule has 19 heavy (non-hydrogen) atoms. The van der Waals surface area contributed by atoms with E-state index in [9.17, 15) is 9.90 Å². The van der Waals surface area contributed by atoms with Crippen LogP contribution in [0.1, 0.15) is 25.5 Å². The van der Waals surface area contributed by atoms with Crippen LogP contribution in [0.25, 0.3) is 0 Å². The number of amides is 2. The quantitative estimate of drug-likeness (QED) is 0.761. The molecule has 0 radical (unpaired) electrons. The number of aliphatic hydroxyl groups excluding tert-OH is 1. The van der Waals surface area contributed by atoms with E-state index >= 15 is 0 Å². The van der Waals surface area contributed by atoms with Crippen molar-refractivity contribution in [1.29, 1.82) is 0 Å². The summed E-state index contributed by atoms with van der Waals surface area (Å²) < 4.78 is 0. The lowest BCUT2D eigenvalue weighted by Gasteiger charge is -2.20. The first-order chi connectivity index (χ1) is 8.90. The Hall–Kier alpha value is -1.59. The van der Waals surface area contributed by atoms with E-state index < -0.39 is 6.10 Å². The molecule has 0 saturated carbocycles. The van der Waals surface area contributed by atoms with Crippen LogP contribution in [0.5, 0.6) is 0 Å². The summed E-state index contributed by atoms with van der Waals surface area (Å²) in [5.74, 6) is 0. The third kappa shape index (κ3) is 5.28. The lowest BCUT2D eigenvalue weighted by Crippen LogP contribution is -2.40. The molecule has 5 nitrogen and oxygen atoms in total. The first kappa shape index (κ1) is 15.5. The Balaban J connectivity index is 2.44. The standard InChI is InChI=1S/C14H23N3O2/c1-10(17(3)4)9-15-14(19)16-13-7-5-12(6-8-13)11(2)18/h5-8,10-11,18H,9H2,1-4H3,(H2,15,16,19). The molecule has 2 unspecified atom stereocenters. The predicted molar refractivity (Wildman–Crippen MR) is 77.2 cm³/mol. The number of carbonyl (C=O) groups is 1. The van der Waals surface area contributed by atoms with Crippen LogP contribution in [-0.2, 0) is 0 Å². The Morgan fingerprint density at radius 2 is 1.84 bits per heavy atom. The maximum Gasteiger partial charge on any atom is 0.319 e. The zero-order chi connectivity index (χ0) is 14.4. The summed E-state index contributed by atoms with van der Waals surface area (Å²) in [6.45, 7) is 4.33. The highest BCUT2D eigenvalue weighted by Crippen LogP contribution is 2.15. The second-order valence-corrected chi connectivity index (χ2v) is 4.95. The van der Waals surface area contributed by atoms with E-state index in [1.807, 2.05) is 25.9 Å². The molecule has 5 heteroatoms. The topological polar surface area (TPSA) is 64.6 Å². The molecule has 0 aromatic heterocycles. The molecule has 106 valence electrons. The van der Waals surface area contributed by atoms with Crippen molar-refractivity contribution in [3.05, 3.63) is 29.8 Å². The molecule has 0 spiro atoms. The molecule has 0 heterocycles. The molecular weight excluding hydrogens is 242 g/mol. The maximum absolute atomic E-state index is 11.7. The van der Waals surface area contributed by atoms with E-state index in [1.54, 1.807) is 31.2 Å². The number of nitrogens with zero attached hydrogens (tertiary/aromatic N) is 1. The van der Waals surface area contributed by atoms with Gasteiger partial charge in [0.2, 0.25) is 0 Å². The highest BCUT2D eigenvalue weighted by molar-refractivity contribution is 5.89. The molecular formula is C14H23N3O2. The first-order valence-corrected chi connectivity index (χ1v) is 6.39. The molecule has 1 aromatic carbocycles. The molecule has 1 aromatic rings. The van der Waals surface area contributed by atoms with Crippen molar-refractivity contribution in [2.75, 3.05) is 26.0 Å². The number of rotatable bonds is 5. The fraction of sp³-hybridized carbons (Fsp3) is 0.500. The van der Waals surface area contributed by atoms with E-state index in [4.69, 9.17) is 0 Å². The van der Waals surface area contributed by atoms with E-state index in [1.165, 1.54) is 0 Å². The molecule has 0 aliphatic heterocycles. The lowest BCUT2D eigenvalue weighted by atomic mass is 10.1. The van der Waals surface area contributed by atoms with Gasteiger partial charge in [-0.2, -0.15) is 0 Å². The molecule has 0 bridgehead atoms. The lowest BCUT2D eigenvalue weighted by molar-refractivity contribution is 0.199. The van der Waals surface area contributed by atoms with E-state index in [-0.39, 0.29) is 12.1 Å². The summed E-state index contributed by atoms with van der Waals surface area (Å²) in [6, 6.07) is 7.20. The SMILES string of the molecule is CC(O)c1ccc(NC(=O)NCC(C)N(C)C)cc1. The summed E-state index contributed by atoms with van der Waals surface area (Å²) in [7, 11) is 3.94. The normalized spacial score (nSPS) is 14.0. The van der Waals surface area contributed by atoms with Crippen LogP contribution in [0.15, 0.2) is 24.3 Å². The first-order valence-electron chi connectivity index (χ1n) is 6.39. The average molecular weight is 265 g/mol. The summed E-state index contributed by atoms with van der Waals surface area (Å²) in [5, 5.41) is 15.0. The third-order valence-corrected chi connectivity index (χ3v) is 3.09. The molecule has 0 aliphatic rings. The summed E-state index contributed by atoms with van der Waals surface area (Å²) in [4.78, 5) is 13.7. The Labute approximate surface area is 114 Å². The van der Waals surface area contributed by atoms with Crippen molar-refractivity contribution in [2.24, 2.45) is 0 Å². The van der Waals surface area contributed by atoms with Crippen LogP contribution in [0, 0.1) is 0 Å². The predicted octanol–water partition coefficient (Wildman–Crippen LogP) is 1.81. The minimum atomic E-state index is -0.496. The van der Waals surface area contributed by atoms with Gasteiger partial charge in [0.25, 0.3) is 0 Å². The van der Waals surface area contributed by atoms with Gasteiger partial charge in [0, 0.05) is 18.3 Å². The van der Waals surface area contributed by atoms with Gasteiger partial charge >= 0.3 is 6.03 Å². The van der Waals surface area contributed by atoms with Gasteiger partial charge in [0.15, 0.2) is 0 Å². The van der Waals surface area contributed by atoms with Crippen molar-refractivity contribution in [3.63, 3.8) is 0 Å². The fourth-order valence-corrected chi connectivity index (χ4v) is 1.44. The van der Waals surface area contributed by atoms with Gasteiger partial charge in [-0.1, -0.05) is 12.1 Å². The molecule has 1 rings (SSSR count). The smallest absolute Gasteiger partial charge is 0.319 e. The van der Waals surface area contributed by atoms with Crippen LogP contribution in [-0.4, -0.2) is 42.7 Å². The van der Waals surface area contributed by atoms with Gasteiger partial charge in [-0.15, -0.1) is 0 Å². The van der Waals surface area contributed by atoms with Gasteiger partial charge in [0.05, 0.1) is 6.10 Å². The minimum absolute atomic E-state index is 0.224. The number of benzene rings is 1. The summed E-state index contributed by atoms with van der Waals surface area (Å²) >= 11 is 0. The van der Waals surface area contributed by atoms with E-state index in [0.29, 0.717) is 12.2 Å². The highest BCUT2D eigenvalue weighted by atomic mass is 16.3. The van der Waals surface area contributed by atoms with Crippen LogP contribution in [0.4, 0.5) is 10.5 Å². The number of likely N-dealkylation sites (N-methyl/N-ethyl adjacent to an activating group) is 1. The number of urea groups is 1. The van der Waals surface area contributed by atoms with Crippen molar-refractivity contribution in [2.45, 2.75) is 26.0 Å². The number of aliphatic hydroxyl groups is 1. The second kappa shape index (κ2) is 7.11. The Kier molecular flexibility index (Phi) is 5.79. The molecule has 0 saturated heterocycles. The molecule has 0 aliphatic carbocycles. The monoisotopic (exact) mass is 265 g/mol. The number of nitrogens with one attached hydrogen (secondary N) is 2. The molecule has 2 atom stereocenters. The van der Waals surface area contributed by atoms with Gasteiger partial charge in [-0.3, -0.25) is 0 Å². The van der Waals surface area contributed by atoms with Crippen LogP contribution >= 0.6 is 0 Å². The Morgan fingerprint density at radius 1 is 1.26 bits per heavy atom. The van der Waals surface area contributed by atoms with E-state index in [2.05, 4.69) is 10.6 Å². The number of hydrogen-bond acceptors (Lipinski definition) is 3. The van der Waals surface area contributed by atoms with Crippen molar-refractivity contribution < 1.29 is 9.90 Å². The summed E-state index contributed by atoms with van der Waals surface area (Å²) in [5.41, 5.74) is 1.53. The van der Waals surface area contributed by atoms with Crippen LogP contribution in [0.3, 0.4) is 0 Å². The number of anilines is 1. The van der Waals surface area contributed by atoms with Gasteiger partial charge in [-0.25, -0.2) is 4.79 Å². The number of hydrogen-bond donors (Lipinski definition) is 3. The zero-order valence-corrected chi connectivity index (χ0v) is 12.0. The number of carbonyl (C=O) groups excluding carboxylic acids is 1. The molecule has 0 fully saturated rings. The highest BCUT2D eigenvalue weighted by Gasteiger charge is 2.07. The third-order valence-electron chi connectivity index (χ3n) is 3.09. The molecule has 2 amide bonds. The Bertz CT molecular complexity index is 402. The molecule has 3 N–H and O–H groups in total.